The highest BCUT2D eigenvalue weighted by Gasteiger charge is 2.14. The normalized spacial score (nSPS) is 11.3. The molecular formula is C10H20N4O. The van der Waals surface area contributed by atoms with Crippen molar-refractivity contribution in [1.82, 2.24) is 15.0 Å². The summed E-state index contributed by atoms with van der Waals surface area (Å²) in [6, 6.07) is 0. The third kappa shape index (κ3) is 3.00. The number of aromatic nitrogens is 3. The molecule has 5 nitrogen and oxygen atoms in total. The molecule has 1 heterocycles. The SMILES string of the molecule is COCCCn1nnc(CN)c1C(C)C. The van der Waals surface area contributed by atoms with E-state index < -0.39 is 0 Å². The van der Waals surface area contributed by atoms with Gasteiger partial charge in [0, 0.05) is 26.8 Å². The average Bonchev–Trinajstić information content (AvgIpc) is 2.61. The fourth-order valence-corrected chi connectivity index (χ4v) is 1.66. The van der Waals surface area contributed by atoms with Crippen LogP contribution in [0.5, 0.6) is 0 Å². The van der Waals surface area contributed by atoms with Crippen molar-refractivity contribution in [1.29, 1.82) is 0 Å². The summed E-state index contributed by atoms with van der Waals surface area (Å²) in [7, 11) is 1.70. The van der Waals surface area contributed by atoms with Gasteiger partial charge in [0.05, 0.1) is 11.4 Å². The molecule has 1 aromatic heterocycles. The molecule has 1 rings (SSSR count). The van der Waals surface area contributed by atoms with Gasteiger partial charge in [-0.15, -0.1) is 5.10 Å². The first-order chi connectivity index (χ1) is 7.20. The number of hydrogen-bond acceptors (Lipinski definition) is 4. The van der Waals surface area contributed by atoms with Gasteiger partial charge in [0.2, 0.25) is 0 Å². The Hall–Kier alpha value is -0.940. The van der Waals surface area contributed by atoms with E-state index in [1.807, 2.05) is 4.68 Å². The Labute approximate surface area is 90.6 Å². The van der Waals surface area contributed by atoms with Crippen molar-refractivity contribution in [3.05, 3.63) is 11.4 Å². The fourth-order valence-electron chi connectivity index (χ4n) is 1.66. The molecule has 5 heteroatoms. The summed E-state index contributed by atoms with van der Waals surface area (Å²) in [4.78, 5) is 0. The molecule has 0 amide bonds. The lowest BCUT2D eigenvalue weighted by Gasteiger charge is -2.10. The molecule has 0 unspecified atom stereocenters. The maximum Gasteiger partial charge on any atom is 0.0997 e. The van der Waals surface area contributed by atoms with Crippen LogP contribution in [0.25, 0.3) is 0 Å². The smallest absolute Gasteiger partial charge is 0.0997 e. The van der Waals surface area contributed by atoms with Crippen LogP contribution in [-0.4, -0.2) is 28.7 Å². The first kappa shape index (κ1) is 12.1. The molecule has 0 radical (unpaired) electrons. The van der Waals surface area contributed by atoms with Gasteiger partial charge >= 0.3 is 0 Å². The standard InChI is InChI=1S/C10H20N4O/c1-8(2)10-9(7-11)12-13-14(10)5-4-6-15-3/h8H,4-7,11H2,1-3H3. The Kier molecular flexibility index (Phi) is 4.71. The predicted molar refractivity (Wildman–Crippen MR) is 58.5 cm³/mol. The summed E-state index contributed by atoms with van der Waals surface area (Å²) in [5.41, 5.74) is 7.67. The van der Waals surface area contributed by atoms with E-state index in [4.69, 9.17) is 10.5 Å². The van der Waals surface area contributed by atoms with Crippen LogP contribution in [0.3, 0.4) is 0 Å². The summed E-state index contributed by atoms with van der Waals surface area (Å²) < 4.78 is 6.95. The van der Waals surface area contributed by atoms with Gasteiger partial charge in [-0.3, -0.25) is 0 Å². The lowest BCUT2D eigenvalue weighted by atomic mass is 10.1. The van der Waals surface area contributed by atoms with Crippen LogP contribution in [-0.2, 0) is 17.8 Å². The highest BCUT2D eigenvalue weighted by atomic mass is 16.5. The van der Waals surface area contributed by atoms with Gasteiger partial charge in [-0.2, -0.15) is 0 Å². The molecule has 0 spiro atoms. The first-order valence-corrected chi connectivity index (χ1v) is 5.32. The minimum Gasteiger partial charge on any atom is -0.385 e. The molecule has 1 aromatic rings. The van der Waals surface area contributed by atoms with Crippen LogP contribution in [0.15, 0.2) is 0 Å². The van der Waals surface area contributed by atoms with Crippen molar-refractivity contribution in [2.24, 2.45) is 5.73 Å². The van der Waals surface area contributed by atoms with Crippen LogP contribution >= 0.6 is 0 Å². The van der Waals surface area contributed by atoms with Gasteiger partial charge in [-0.1, -0.05) is 19.1 Å². The summed E-state index contributed by atoms with van der Waals surface area (Å²) >= 11 is 0. The molecule has 0 aliphatic rings. The van der Waals surface area contributed by atoms with Gasteiger partial charge in [-0.25, -0.2) is 4.68 Å². The van der Waals surface area contributed by atoms with Crippen molar-refractivity contribution in [2.45, 2.75) is 39.3 Å². The topological polar surface area (TPSA) is 66.0 Å². The Morgan fingerprint density at radius 1 is 1.47 bits per heavy atom. The molecular weight excluding hydrogens is 192 g/mol. The van der Waals surface area contributed by atoms with Gasteiger partial charge in [0.1, 0.15) is 0 Å². The fraction of sp³-hybridized carbons (Fsp3) is 0.800. The third-order valence-corrected chi connectivity index (χ3v) is 2.31. The first-order valence-electron chi connectivity index (χ1n) is 5.32. The molecule has 0 bridgehead atoms. The van der Waals surface area contributed by atoms with E-state index in [1.165, 1.54) is 0 Å². The molecule has 0 aliphatic heterocycles. The van der Waals surface area contributed by atoms with Crippen molar-refractivity contribution in [2.75, 3.05) is 13.7 Å². The van der Waals surface area contributed by atoms with Gasteiger partial charge in [0.15, 0.2) is 0 Å². The highest BCUT2D eigenvalue weighted by Crippen LogP contribution is 2.17. The number of rotatable bonds is 6. The van der Waals surface area contributed by atoms with Gasteiger partial charge in [-0.05, 0) is 12.3 Å². The molecule has 0 fully saturated rings. The minimum absolute atomic E-state index is 0.404. The van der Waals surface area contributed by atoms with E-state index >= 15 is 0 Å². The van der Waals surface area contributed by atoms with E-state index in [0.29, 0.717) is 12.5 Å². The third-order valence-electron chi connectivity index (χ3n) is 2.31. The van der Waals surface area contributed by atoms with E-state index in [0.717, 1.165) is 31.0 Å². The Morgan fingerprint density at radius 3 is 2.73 bits per heavy atom. The van der Waals surface area contributed by atoms with E-state index in [9.17, 15) is 0 Å². The highest BCUT2D eigenvalue weighted by molar-refractivity contribution is 5.13. The van der Waals surface area contributed by atoms with Crippen molar-refractivity contribution in [3.63, 3.8) is 0 Å². The van der Waals surface area contributed by atoms with Crippen molar-refractivity contribution < 1.29 is 4.74 Å². The van der Waals surface area contributed by atoms with Gasteiger partial charge < -0.3 is 10.5 Å². The van der Waals surface area contributed by atoms with E-state index in [1.54, 1.807) is 7.11 Å². The molecule has 86 valence electrons. The largest absolute Gasteiger partial charge is 0.385 e. The second kappa shape index (κ2) is 5.82. The number of aryl methyl sites for hydroxylation is 1. The zero-order valence-corrected chi connectivity index (χ0v) is 9.73. The molecule has 0 aromatic carbocycles. The summed E-state index contributed by atoms with van der Waals surface area (Å²) in [6.07, 6.45) is 0.948. The summed E-state index contributed by atoms with van der Waals surface area (Å²) in [6.45, 7) is 6.30. The lowest BCUT2D eigenvalue weighted by molar-refractivity contribution is 0.188. The van der Waals surface area contributed by atoms with Crippen LogP contribution in [0.1, 0.15) is 37.6 Å². The summed E-state index contributed by atoms with van der Waals surface area (Å²) in [5.74, 6) is 0.404. The number of methoxy groups -OCH3 is 1. The van der Waals surface area contributed by atoms with Gasteiger partial charge in [0.25, 0.3) is 0 Å². The molecule has 15 heavy (non-hydrogen) atoms. The monoisotopic (exact) mass is 212 g/mol. The summed E-state index contributed by atoms with van der Waals surface area (Å²) in [5, 5.41) is 8.19. The Balaban J connectivity index is 2.73. The quantitative estimate of drug-likeness (QED) is 0.711. The zero-order valence-electron chi connectivity index (χ0n) is 9.73. The predicted octanol–water partition coefficient (Wildman–Crippen LogP) is 0.897. The zero-order chi connectivity index (χ0) is 11.3. The van der Waals surface area contributed by atoms with E-state index in [2.05, 4.69) is 24.2 Å². The molecule has 2 N–H and O–H groups in total. The number of nitrogens with zero attached hydrogens (tertiary/aromatic N) is 3. The molecule has 0 saturated carbocycles. The lowest BCUT2D eigenvalue weighted by Crippen LogP contribution is -2.10. The second-order valence-corrected chi connectivity index (χ2v) is 3.85. The maximum atomic E-state index is 5.62. The Bertz CT molecular complexity index is 296. The van der Waals surface area contributed by atoms with Crippen molar-refractivity contribution in [3.8, 4) is 0 Å². The maximum absolute atomic E-state index is 5.62. The van der Waals surface area contributed by atoms with Crippen LogP contribution in [0, 0.1) is 0 Å². The number of ether oxygens (including phenoxy) is 1. The average molecular weight is 212 g/mol. The van der Waals surface area contributed by atoms with Crippen LogP contribution < -0.4 is 5.73 Å². The number of hydrogen-bond donors (Lipinski definition) is 1. The minimum atomic E-state index is 0.404. The van der Waals surface area contributed by atoms with E-state index in [-0.39, 0.29) is 0 Å². The Morgan fingerprint density at radius 2 is 2.20 bits per heavy atom. The molecule has 0 saturated heterocycles. The molecule has 0 atom stereocenters. The van der Waals surface area contributed by atoms with Crippen LogP contribution in [0.2, 0.25) is 0 Å². The van der Waals surface area contributed by atoms with Crippen LogP contribution in [0.4, 0.5) is 0 Å². The molecule has 0 aliphatic carbocycles. The number of nitrogens with two attached hydrogens (primary N) is 1. The van der Waals surface area contributed by atoms with Crippen molar-refractivity contribution >= 4 is 0 Å². The second-order valence-electron chi connectivity index (χ2n) is 3.85.